The first kappa shape index (κ1) is 20.5. The summed E-state index contributed by atoms with van der Waals surface area (Å²) in [5.74, 6) is 3.04. The van der Waals surface area contributed by atoms with Crippen LogP contribution in [0.15, 0.2) is 48.5 Å². The fraction of sp³-hybridized carbons (Fsp3) is 0.462. The molecule has 31 heavy (non-hydrogen) atoms. The van der Waals surface area contributed by atoms with E-state index in [4.69, 9.17) is 6.42 Å². The number of piperidine rings is 3. The molecule has 0 amide bonds. The molecule has 0 spiro atoms. The molecular formula is C26H30N2O3. The first-order chi connectivity index (χ1) is 15.0. The Hall–Kier alpha value is -2.36. The summed E-state index contributed by atoms with van der Waals surface area (Å²) in [5, 5.41) is 32.1. The molecule has 0 saturated carbocycles. The lowest BCUT2D eigenvalue weighted by molar-refractivity contribution is -0.143. The van der Waals surface area contributed by atoms with Crippen LogP contribution in [-0.2, 0) is 12.0 Å². The molecule has 162 valence electrons. The van der Waals surface area contributed by atoms with Crippen molar-refractivity contribution in [1.82, 2.24) is 4.90 Å². The van der Waals surface area contributed by atoms with Crippen molar-refractivity contribution in [2.24, 2.45) is 5.92 Å². The number of aliphatic hydroxyl groups is 3. The fourth-order valence-corrected chi connectivity index (χ4v) is 5.81. The number of rotatable bonds is 4. The van der Waals surface area contributed by atoms with Gasteiger partial charge in [0.2, 0.25) is 0 Å². The molecule has 4 fully saturated rings. The Morgan fingerprint density at radius 1 is 1.00 bits per heavy atom. The standard InChI is InChI=1S/C26H30N2O3/c1-2-25-26(31,20-10-12-27(25)13-11-20)22-9-8-21(28-16-23(29)24(30)17-28)15-19(22)14-18-6-4-3-5-7-18/h1,3-9,15,20,23-25,29-31H,10-14,16-17H2/t23-,24+,25?,26-/m1/s1. The summed E-state index contributed by atoms with van der Waals surface area (Å²) in [5.41, 5.74) is 3.02. The van der Waals surface area contributed by atoms with Crippen LogP contribution in [0.2, 0.25) is 0 Å². The molecule has 4 aliphatic heterocycles. The van der Waals surface area contributed by atoms with E-state index in [1.807, 2.05) is 35.2 Å². The molecule has 4 saturated heterocycles. The molecule has 4 heterocycles. The second kappa shape index (κ2) is 7.96. The number of anilines is 1. The number of β-amino-alcohol motifs (C(OH)–C–C–N with tert-alkyl or cyclic N) is 2. The van der Waals surface area contributed by atoms with E-state index in [0.717, 1.165) is 42.7 Å². The number of hydrogen-bond donors (Lipinski definition) is 3. The van der Waals surface area contributed by atoms with Gasteiger partial charge in [0, 0.05) is 18.8 Å². The maximum Gasteiger partial charge on any atom is 0.119 e. The number of terminal acetylenes is 1. The molecule has 6 rings (SSSR count). The zero-order chi connectivity index (χ0) is 21.6. The van der Waals surface area contributed by atoms with Gasteiger partial charge in [-0.1, -0.05) is 42.3 Å². The van der Waals surface area contributed by atoms with Gasteiger partial charge in [-0.2, -0.15) is 0 Å². The van der Waals surface area contributed by atoms with E-state index in [-0.39, 0.29) is 12.0 Å². The van der Waals surface area contributed by atoms with Crippen molar-refractivity contribution in [2.45, 2.75) is 43.1 Å². The van der Waals surface area contributed by atoms with Crippen molar-refractivity contribution in [3.63, 3.8) is 0 Å². The number of hydrogen-bond acceptors (Lipinski definition) is 5. The molecule has 3 N–H and O–H groups in total. The van der Waals surface area contributed by atoms with Crippen LogP contribution < -0.4 is 4.90 Å². The molecule has 4 atom stereocenters. The highest BCUT2D eigenvalue weighted by molar-refractivity contribution is 5.55. The van der Waals surface area contributed by atoms with Crippen LogP contribution in [0.5, 0.6) is 0 Å². The van der Waals surface area contributed by atoms with E-state index in [1.54, 1.807) is 0 Å². The van der Waals surface area contributed by atoms with Gasteiger partial charge in [0.25, 0.3) is 0 Å². The molecule has 2 aromatic carbocycles. The average Bonchev–Trinajstić information content (AvgIpc) is 3.13. The summed E-state index contributed by atoms with van der Waals surface area (Å²) in [7, 11) is 0. The summed E-state index contributed by atoms with van der Waals surface area (Å²) in [6.45, 7) is 2.69. The van der Waals surface area contributed by atoms with E-state index in [1.165, 1.54) is 5.56 Å². The monoisotopic (exact) mass is 418 g/mol. The number of nitrogens with zero attached hydrogens (tertiary/aromatic N) is 2. The Morgan fingerprint density at radius 3 is 2.32 bits per heavy atom. The molecule has 2 bridgehead atoms. The second-order valence-electron chi connectivity index (χ2n) is 9.25. The van der Waals surface area contributed by atoms with Crippen molar-refractivity contribution in [3.05, 3.63) is 65.2 Å². The molecule has 1 unspecified atom stereocenters. The zero-order valence-electron chi connectivity index (χ0n) is 17.7. The number of aliphatic hydroxyl groups excluding tert-OH is 2. The van der Waals surface area contributed by atoms with Crippen molar-refractivity contribution in [2.75, 3.05) is 31.1 Å². The Labute approximate surface area is 183 Å². The number of fused-ring (bicyclic) bond motifs is 3. The van der Waals surface area contributed by atoms with Crippen molar-refractivity contribution < 1.29 is 15.3 Å². The maximum atomic E-state index is 12.1. The highest BCUT2D eigenvalue weighted by atomic mass is 16.3. The summed E-state index contributed by atoms with van der Waals surface area (Å²) in [6, 6.07) is 16.1. The van der Waals surface area contributed by atoms with Crippen LogP contribution >= 0.6 is 0 Å². The zero-order valence-corrected chi connectivity index (χ0v) is 17.7. The molecule has 0 aliphatic carbocycles. The predicted molar refractivity (Wildman–Crippen MR) is 121 cm³/mol. The summed E-state index contributed by atoms with van der Waals surface area (Å²) in [6.07, 6.45) is 7.06. The van der Waals surface area contributed by atoms with E-state index in [2.05, 4.69) is 29.0 Å². The van der Waals surface area contributed by atoms with Gasteiger partial charge in [-0.3, -0.25) is 4.90 Å². The minimum atomic E-state index is -1.07. The summed E-state index contributed by atoms with van der Waals surface area (Å²) < 4.78 is 0. The number of benzene rings is 2. The van der Waals surface area contributed by atoms with E-state index >= 15 is 0 Å². The van der Waals surface area contributed by atoms with Gasteiger partial charge in [0.1, 0.15) is 11.6 Å². The van der Waals surface area contributed by atoms with Crippen molar-refractivity contribution in [1.29, 1.82) is 0 Å². The Kier molecular flexibility index (Phi) is 5.27. The van der Waals surface area contributed by atoms with E-state index in [0.29, 0.717) is 19.5 Å². The second-order valence-corrected chi connectivity index (χ2v) is 9.25. The van der Waals surface area contributed by atoms with Gasteiger partial charge in [0.05, 0.1) is 12.2 Å². The van der Waals surface area contributed by atoms with Crippen LogP contribution in [0, 0.1) is 18.3 Å². The van der Waals surface area contributed by atoms with E-state index < -0.39 is 17.8 Å². The molecule has 4 aliphatic rings. The van der Waals surface area contributed by atoms with Crippen LogP contribution in [0.4, 0.5) is 5.69 Å². The van der Waals surface area contributed by atoms with Crippen LogP contribution in [0.25, 0.3) is 0 Å². The van der Waals surface area contributed by atoms with Crippen LogP contribution in [0.3, 0.4) is 0 Å². The average molecular weight is 419 g/mol. The molecule has 0 aromatic heterocycles. The minimum absolute atomic E-state index is 0.148. The molecule has 5 nitrogen and oxygen atoms in total. The normalized spacial score (nSPS) is 34.6. The van der Waals surface area contributed by atoms with Gasteiger partial charge in [-0.15, -0.1) is 6.42 Å². The third kappa shape index (κ3) is 3.44. The fourth-order valence-electron chi connectivity index (χ4n) is 5.81. The Morgan fingerprint density at radius 2 is 1.68 bits per heavy atom. The van der Waals surface area contributed by atoms with Gasteiger partial charge in [0.15, 0.2) is 0 Å². The SMILES string of the molecule is C#CC1N2CCC(CC2)[C@@]1(O)c1ccc(N2C[C@@H](O)[C@@H](O)C2)cc1Cc1ccccc1. The lowest BCUT2D eigenvalue weighted by atomic mass is 9.65. The van der Waals surface area contributed by atoms with Gasteiger partial charge < -0.3 is 20.2 Å². The van der Waals surface area contributed by atoms with Gasteiger partial charge in [-0.05, 0) is 67.1 Å². The summed E-state index contributed by atoms with van der Waals surface area (Å²) in [4.78, 5) is 4.25. The first-order valence-electron chi connectivity index (χ1n) is 11.2. The highest BCUT2D eigenvalue weighted by Gasteiger charge is 2.54. The van der Waals surface area contributed by atoms with Crippen molar-refractivity contribution >= 4 is 5.69 Å². The molecule has 2 aromatic rings. The van der Waals surface area contributed by atoms with Gasteiger partial charge >= 0.3 is 0 Å². The maximum absolute atomic E-state index is 12.1. The first-order valence-corrected chi connectivity index (χ1v) is 11.2. The third-order valence-electron chi connectivity index (χ3n) is 7.47. The quantitative estimate of drug-likeness (QED) is 0.660. The summed E-state index contributed by atoms with van der Waals surface area (Å²) >= 11 is 0. The molecule has 0 radical (unpaired) electrons. The Balaban J connectivity index is 1.58. The lowest BCUT2D eigenvalue weighted by Gasteiger charge is -2.55. The molecule has 5 heteroatoms. The smallest absolute Gasteiger partial charge is 0.119 e. The van der Waals surface area contributed by atoms with Gasteiger partial charge in [-0.25, -0.2) is 0 Å². The third-order valence-corrected chi connectivity index (χ3v) is 7.47. The minimum Gasteiger partial charge on any atom is -0.389 e. The van der Waals surface area contributed by atoms with E-state index in [9.17, 15) is 15.3 Å². The van der Waals surface area contributed by atoms with Crippen LogP contribution in [-0.4, -0.2) is 64.6 Å². The topological polar surface area (TPSA) is 67.2 Å². The highest BCUT2D eigenvalue weighted by Crippen LogP contribution is 2.48. The van der Waals surface area contributed by atoms with Crippen LogP contribution in [0.1, 0.15) is 29.5 Å². The van der Waals surface area contributed by atoms with Crippen molar-refractivity contribution in [3.8, 4) is 12.3 Å². The Bertz CT molecular complexity index is 970. The predicted octanol–water partition coefficient (Wildman–Crippen LogP) is 1.73. The largest absolute Gasteiger partial charge is 0.389 e. The lowest BCUT2D eigenvalue weighted by Crippen LogP contribution is -2.63. The molecular weight excluding hydrogens is 388 g/mol.